The standard InChI is InChI=1S/C15H21FN2O2/c1-2-6-17-13-5-7-18(12(13)3-4-14(17)19)15(20)10-8-11(16)9-10/h2,10-13H,1,3-9H2/t10?,11?,12-,13-/m1/s1. The summed E-state index contributed by atoms with van der Waals surface area (Å²) >= 11 is 0. The Kier molecular flexibility index (Phi) is 3.52. The summed E-state index contributed by atoms with van der Waals surface area (Å²) in [4.78, 5) is 28.1. The van der Waals surface area contributed by atoms with Crippen LogP contribution in [0.15, 0.2) is 12.7 Å². The number of hydrogen-bond donors (Lipinski definition) is 0. The van der Waals surface area contributed by atoms with E-state index in [1.807, 2.05) is 9.80 Å². The maximum absolute atomic E-state index is 12.9. The van der Waals surface area contributed by atoms with Crippen molar-refractivity contribution >= 4 is 11.8 Å². The topological polar surface area (TPSA) is 40.6 Å². The third-order valence-electron chi connectivity index (χ3n) is 4.92. The van der Waals surface area contributed by atoms with E-state index >= 15 is 0 Å². The Morgan fingerprint density at radius 3 is 2.75 bits per heavy atom. The first-order valence-corrected chi connectivity index (χ1v) is 7.46. The molecular weight excluding hydrogens is 259 g/mol. The van der Waals surface area contributed by atoms with Gasteiger partial charge in [-0.25, -0.2) is 4.39 Å². The minimum Gasteiger partial charge on any atom is -0.337 e. The van der Waals surface area contributed by atoms with Crippen molar-refractivity contribution in [3.63, 3.8) is 0 Å². The highest BCUT2D eigenvalue weighted by molar-refractivity contribution is 5.82. The molecule has 0 bridgehead atoms. The summed E-state index contributed by atoms with van der Waals surface area (Å²) in [5, 5.41) is 0. The number of hydrogen-bond acceptors (Lipinski definition) is 2. The van der Waals surface area contributed by atoms with Crippen molar-refractivity contribution in [3.8, 4) is 0 Å². The maximum Gasteiger partial charge on any atom is 0.226 e. The Hall–Kier alpha value is -1.39. The lowest BCUT2D eigenvalue weighted by atomic mass is 9.82. The summed E-state index contributed by atoms with van der Waals surface area (Å²) < 4.78 is 12.9. The molecule has 2 atom stereocenters. The summed E-state index contributed by atoms with van der Waals surface area (Å²) in [6, 6.07) is 0.248. The van der Waals surface area contributed by atoms with Gasteiger partial charge in [-0.2, -0.15) is 0 Å². The first-order valence-electron chi connectivity index (χ1n) is 7.46. The molecule has 2 heterocycles. The molecule has 0 unspecified atom stereocenters. The molecule has 5 heteroatoms. The summed E-state index contributed by atoms with van der Waals surface area (Å²) in [6.07, 6.45) is 3.77. The van der Waals surface area contributed by atoms with E-state index in [-0.39, 0.29) is 29.8 Å². The molecule has 1 aliphatic carbocycles. The molecular formula is C15H21FN2O2. The second kappa shape index (κ2) is 5.19. The third-order valence-corrected chi connectivity index (χ3v) is 4.92. The lowest BCUT2D eigenvalue weighted by molar-refractivity contribution is -0.146. The summed E-state index contributed by atoms with van der Waals surface area (Å²) in [6.45, 7) is 4.95. The zero-order valence-corrected chi connectivity index (χ0v) is 11.6. The van der Waals surface area contributed by atoms with Crippen LogP contribution >= 0.6 is 0 Å². The highest BCUT2D eigenvalue weighted by Gasteiger charge is 2.47. The van der Waals surface area contributed by atoms with Crippen molar-refractivity contribution in [2.75, 3.05) is 13.1 Å². The fourth-order valence-corrected chi connectivity index (χ4v) is 3.78. The largest absolute Gasteiger partial charge is 0.337 e. The SMILES string of the molecule is C=CCN1C(=O)CC[C@@H]2[C@H]1CCN2C(=O)C1CC(F)C1. The van der Waals surface area contributed by atoms with Gasteiger partial charge in [0.15, 0.2) is 0 Å². The monoisotopic (exact) mass is 280 g/mol. The van der Waals surface area contributed by atoms with E-state index in [1.165, 1.54) is 0 Å². The van der Waals surface area contributed by atoms with E-state index in [1.54, 1.807) is 6.08 Å². The number of halogens is 1. The van der Waals surface area contributed by atoms with Crippen LogP contribution in [0.3, 0.4) is 0 Å². The van der Waals surface area contributed by atoms with E-state index in [4.69, 9.17) is 0 Å². The predicted molar refractivity (Wildman–Crippen MR) is 72.7 cm³/mol. The third kappa shape index (κ3) is 2.13. The van der Waals surface area contributed by atoms with Crippen molar-refractivity contribution in [2.24, 2.45) is 5.92 Å². The highest BCUT2D eigenvalue weighted by Crippen LogP contribution is 2.37. The first kappa shape index (κ1) is 13.6. The molecule has 0 aromatic heterocycles. The van der Waals surface area contributed by atoms with Crippen LogP contribution in [-0.4, -0.2) is 53.0 Å². The van der Waals surface area contributed by atoms with Gasteiger partial charge in [0.05, 0.1) is 12.1 Å². The van der Waals surface area contributed by atoms with Crippen LogP contribution in [0, 0.1) is 5.92 Å². The molecule has 2 aliphatic heterocycles. The number of carbonyl (C=O) groups excluding carboxylic acids is 2. The van der Waals surface area contributed by atoms with Gasteiger partial charge >= 0.3 is 0 Å². The molecule has 0 radical (unpaired) electrons. The molecule has 110 valence electrons. The van der Waals surface area contributed by atoms with Gasteiger partial charge in [-0.3, -0.25) is 9.59 Å². The molecule has 20 heavy (non-hydrogen) atoms. The second-order valence-electron chi connectivity index (χ2n) is 6.09. The number of rotatable bonds is 3. The van der Waals surface area contributed by atoms with Crippen molar-refractivity contribution in [3.05, 3.63) is 12.7 Å². The summed E-state index contributed by atoms with van der Waals surface area (Å²) in [5.41, 5.74) is 0. The second-order valence-corrected chi connectivity index (χ2v) is 6.09. The Morgan fingerprint density at radius 2 is 2.10 bits per heavy atom. The van der Waals surface area contributed by atoms with Gasteiger partial charge in [0.2, 0.25) is 11.8 Å². The number of likely N-dealkylation sites (tertiary alicyclic amines) is 2. The Balaban J connectivity index is 1.69. The van der Waals surface area contributed by atoms with Gasteiger partial charge in [0.1, 0.15) is 6.17 Å². The Labute approximate surface area is 118 Å². The fraction of sp³-hybridized carbons (Fsp3) is 0.733. The lowest BCUT2D eigenvalue weighted by Gasteiger charge is -2.41. The van der Waals surface area contributed by atoms with Gasteiger partial charge in [-0.15, -0.1) is 6.58 Å². The minimum atomic E-state index is -0.799. The normalized spacial score (nSPS) is 36.5. The van der Waals surface area contributed by atoms with Crippen LogP contribution in [0.4, 0.5) is 4.39 Å². The molecule has 0 N–H and O–H groups in total. The molecule has 1 saturated carbocycles. The van der Waals surface area contributed by atoms with Crippen LogP contribution in [0.2, 0.25) is 0 Å². The minimum absolute atomic E-state index is 0.0966. The van der Waals surface area contributed by atoms with Crippen LogP contribution in [0.5, 0.6) is 0 Å². The molecule has 0 aromatic carbocycles. The van der Waals surface area contributed by atoms with Gasteiger partial charge in [0.25, 0.3) is 0 Å². The summed E-state index contributed by atoms with van der Waals surface area (Å²) in [7, 11) is 0. The highest BCUT2D eigenvalue weighted by atomic mass is 19.1. The predicted octanol–water partition coefficient (Wildman–Crippen LogP) is 1.51. The maximum atomic E-state index is 12.9. The quantitative estimate of drug-likeness (QED) is 0.735. The van der Waals surface area contributed by atoms with Crippen LogP contribution in [0.25, 0.3) is 0 Å². The summed E-state index contributed by atoms with van der Waals surface area (Å²) in [5.74, 6) is 0.126. The first-order chi connectivity index (χ1) is 9.61. The van der Waals surface area contributed by atoms with Crippen LogP contribution in [-0.2, 0) is 9.59 Å². The molecule has 3 aliphatic rings. The van der Waals surface area contributed by atoms with E-state index < -0.39 is 6.17 Å². The number of alkyl halides is 1. The zero-order valence-electron chi connectivity index (χ0n) is 11.6. The Bertz CT molecular complexity index is 434. The van der Waals surface area contributed by atoms with Crippen molar-refractivity contribution in [1.29, 1.82) is 0 Å². The number of fused-ring (bicyclic) bond motifs is 1. The smallest absolute Gasteiger partial charge is 0.226 e. The molecule has 0 aromatic rings. The molecule has 4 nitrogen and oxygen atoms in total. The number of amides is 2. The Morgan fingerprint density at radius 1 is 1.35 bits per heavy atom. The van der Waals surface area contributed by atoms with E-state index in [0.717, 1.165) is 12.8 Å². The van der Waals surface area contributed by atoms with Gasteiger partial charge in [-0.1, -0.05) is 6.08 Å². The lowest BCUT2D eigenvalue weighted by Crippen LogP contribution is -2.54. The molecule has 0 spiro atoms. The van der Waals surface area contributed by atoms with Gasteiger partial charge in [-0.05, 0) is 25.7 Å². The van der Waals surface area contributed by atoms with Crippen LogP contribution < -0.4 is 0 Å². The molecule has 3 rings (SSSR count). The van der Waals surface area contributed by atoms with E-state index in [2.05, 4.69) is 6.58 Å². The van der Waals surface area contributed by atoms with Crippen molar-refractivity contribution < 1.29 is 14.0 Å². The number of carbonyl (C=O) groups is 2. The van der Waals surface area contributed by atoms with E-state index in [0.29, 0.717) is 32.4 Å². The fourth-order valence-electron chi connectivity index (χ4n) is 3.78. The number of nitrogens with zero attached hydrogens (tertiary/aromatic N) is 2. The van der Waals surface area contributed by atoms with Gasteiger partial charge in [0, 0.05) is 25.4 Å². The average molecular weight is 280 g/mol. The van der Waals surface area contributed by atoms with E-state index in [9.17, 15) is 14.0 Å². The van der Waals surface area contributed by atoms with Crippen molar-refractivity contribution in [2.45, 2.75) is 50.4 Å². The van der Waals surface area contributed by atoms with Gasteiger partial charge < -0.3 is 9.80 Å². The van der Waals surface area contributed by atoms with Crippen LogP contribution in [0.1, 0.15) is 32.1 Å². The van der Waals surface area contributed by atoms with Crippen molar-refractivity contribution in [1.82, 2.24) is 9.80 Å². The molecule has 2 saturated heterocycles. The molecule has 2 amide bonds. The zero-order chi connectivity index (χ0) is 14.3. The average Bonchev–Trinajstić information content (AvgIpc) is 2.82. The number of piperidine rings is 1. The molecule has 3 fully saturated rings.